The van der Waals surface area contributed by atoms with Crippen molar-refractivity contribution in [1.82, 2.24) is 9.80 Å². The van der Waals surface area contributed by atoms with Crippen LogP contribution in [-0.4, -0.2) is 55.0 Å². The maximum absolute atomic E-state index is 13.4. The van der Waals surface area contributed by atoms with Crippen LogP contribution in [-0.2, 0) is 14.3 Å². The zero-order valence-electron chi connectivity index (χ0n) is 16.3. The van der Waals surface area contributed by atoms with Gasteiger partial charge in [-0.25, -0.2) is 8.78 Å². The first-order valence-corrected chi connectivity index (χ1v) is 9.57. The second kappa shape index (κ2) is 9.60. The molecule has 0 atom stereocenters. The molecule has 0 aliphatic carbocycles. The van der Waals surface area contributed by atoms with Gasteiger partial charge in [0.15, 0.2) is 0 Å². The van der Waals surface area contributed by atoms with Crippen molar-refractivity contribution in [2.24, 2.45) is 0 Å². The van der Waals surface area contributed by atoms with Gasteiger partial charge in [-0.1, -0.05) is 24.3 Å². The van der Waals surface area contributed by atoms with Crippen molar-refractivity contribution < 1.29 is 23.1 Å². The molecule has 0 spiro atoms. The summed E-state index contributed by atoms with van der Waals surface area (Å²) in [6.45, 7) is 2.28. The predicted molar refractivity (Wildman–Crippen MR) is 104 cm³/mol. The third kappa shape index (κ3) is 5.38. The molecule has 1 amide bonds. The van der Waals surface area contributed by atoms with Gasteiger partial charge in [-0.15, -0.1) is 0 Å². The smallest absolute Gasteiger partial charge is 0.306 e. The van der Waals surface area contributed by atoms with E-state index in [4.69, 9.17) is 0 Å². The minimum absolute atomic E-state index is 0.0727. The van der Waals surface area contributed by atoms with E-state index >= 15 is 0 Å². The molecule has 2 aromatic carbocycles. The number of ether oxygens (including phenoxy) is 1. The molecular formula is C22H24F2N2O3. The van der Waals surface area contributed by atoms with Crippen molar-refractivity contribution in [2.75, 3.05) is 33.3 Å². The summed E-state index contributed by atoms with van der Waals surface area (Å²) in [5.41, 5.74) is 1.81. The zero-order chi connectivity index (χ0) is 20.8. The molecule has 0 radical (unpaired) electrons. The molecule has 29 heavy (non-hydrogen) atoms. The number of carbonyl (C=O) groups excluding carboxylic acids is 2. The lowest BCUT2D eigenvalue weighted by atomic mass is 9.96. The quantitative estimate of drug-likeness (QED) is 0.697. The standard InChI is InChI=1S/C22H24F2N2O3/c1-29-21(28)11-10-20(27)25-12-14-26(15-13-25)22(16-2-6-18(23)7-3-16)17-4-8-19(24)9-5-17/h2-9,22H,10-15H2,1H3. The van der Waals surface area contributed by atoms with E-state index in [0.717, 1.165) is 11.1 Å². The molecule has 1 saturated heterocycles. The number of amides is 1. The van der Waals surface area contributed by atoms with Crippen LogP contribution in [0.5, 0.6) is 0 Å². The van der Waals surface area contributed by atoms with E-state index < -0.39 is 5.97 Å². The van der Waals surface area contributed by atoms with Gasteiger partial charge in [-0.2, -0.15) is 0 Å². The fourth-order valence-corrected chi connectivity index (χ4v) is 3.60. The van der Waals surface area contributed by atoms with Crippen LogP contribution in [0.15, 0.2) is 48.5 Å². The van der Waals surface area contributed by atoms with Crippen LogP contribution < -0.4 is 0 Å². The molecule has 3 rings (SSSR count). The minimum Gasteiger partial charge on any atom is -0.469 e. The Bertz CT molecular complexity index is 787. The summed E-state index contributed by atoms with van der Waals surface area (Å²) >= 11 is 0. The third-order valence-corrected chi connectivity index (χ3v) is 5.17. The highest BCUT2D eigenvalue weighted by Crippen LogP contribution is 2.30. The summed E-state index contributed by atoms with van der Waals surface area (Å²) < 4.78 is 31.4. The van der Waals surface area contributed by atoms with E-state index in [9.17, 15) is 18.4 Å². The number of rotatable bonds is 6. The Balaban J connectivity index is 1.71. The molecule has 1 aliphatic rings. The third-order valence-electron chi connectivity index (χ3n) is 5.17. The molecule has 0 N–H and O–H groups in total. The highest BCUT2D eigenvalue weighted by atomic mass is 19.1. The van der Waals surface area contributed by atoms with Crippen molar-refractivity contribution in [2.45, 2.75) is 18.9 Å². The normalized spacial score (nSPS) is 14.8. The molecule has 1 fully saturated rings. The van der Waals surface area contributed by atoms with E-state index in [1.54, 1.807) is 29.2 Å². The molecule has 7 heteroatoms. The van der Waals surface area contributed by atoms with Crippen LogP contribution in [0.3, 0.4) is 0 Å². The molecule has 1 aliphatic heterocycles. The lowest BCUT2D eigenvalue weighted by Gasteiger charge is -2.39. The molecule has 0 bridgehead atoms. The van der Waals surface area contributed by atoms with Gasteiger partial charge in [0.1, 0.15) is 11.6 Å². The molecule has 2 aromatic rings. The Morgan fingerprint density at radius 1 is 0.862 bits per heavy atom. The van der Waals surface area contributed by atoms with Gasteiger partial charge in [0.25, 0.3) is 0 Å². The Labute approximate surface area is 168 Å². The van der Waals surface area contributed by atoms with Gasteiger partial charge < -0.3 is 9.64 Å². The number of piperazine rings is 1. The van der Waals surface area contributed by atoms with Crippen LogP contribution in [0, 0.1) is 11.6 Å². The number of hydrogen-bond acceptors (Lipinski definition) is 4. The molecular weight excluding hydrogens is 378 g/mol. The van der Waals surface area contributed by atoms with Crippen molar-refractivity contribution in [1.29, 1.82) is 0 Å². The lowest BCUT2D eigenvalue weighted by Crippen LogP contribution is -2.49. The van der Waals surface area contributed by atoms with Crippen molar-refractivity contribution >= 4 is 11.9 Å². The van der Waals surface area contributed by atoms with Gasteiger partial charge in [0.2, 0.25) is 5.91 Å². The highest BCUT2D eigenvalue weighted by Gasteiger charge is 2.28. The van der Waals surface area contributed by atoms with Gasteiger partial charge >= 0.3 is 5.97 Å². The molecule has 0 aromatic heterocycles. The maximum atomic E-state index is 13.4. The number of esters is 1. The monoisotopic (exact) mass is 402 g/mol. The summed E-state index contributed by atoms with van der Waals surface area (Å²) in [5.74, 6) is -1.10. The summed E-state index contributed by atoms with van der Waals surface area (Å²) in [6.07, 6.45) is 0.204. The Hall–Kier alpha value is -2.80. The predicted octanol–water partition coefficient (Wildman–Crippen LogP) is 3.15. The first-order chi connectivity index (χ1) is 14.0. The van der Waals surface area contributed by atoms with Gasteiger partial charge in [0, 0.05) is 32.6 Å². The van der Waals surface area contributed by atoms with Gasteiger partial charge in [0.05, 0.1) is 19.6 Å². The average molecular weight is 402 g/mol. The number of nitrogens with zero attached hydrogens (tertiary/aromatic N) is 2. The second-order valence-electron chi connectivity index (χ2n) is 7.00. The van der Waals surface area contributed by atoms with Crippen LogP contribution in [0.1, 0.15) is 30.0 Å². The maximum Gasteiger partial charge on any atom is 0.306 e. The van der Waals surface area contributed by atoms with E-state index in [2.05, 4.69) is 9.64 Å². The van der Waals surface area contributed by atoms with Crippen LogP contribution in [0.25, 0.3) is 0 Å². The SMILES string of the molecule is COC(=O)CCC(=O)N1CCN(C(c2ccc(F)cc2)c2ccc(F)cc2)CC1. The molecule has 154 valence electrons. The molecule has 0 saturated carbocycles. The first-order valence-electron chi connectivity index (χ1n) is 9.57. The van der Waals surface area contributed by atoms with Crippen molar-refractivity contribution in [3.8, 4) is 0 Å². The lowest BCUT2D eigenvalue weighted by molar-refractivity contribution is -0.144. The van der Waals surface area contributed by atoms with E-state index in [-0.39, 0.29) is 36.4 Å². The summed E-state index contributed by atoms with van der Waals surface area (Å²) in [6, 6.07) is 12.4. The Morgan fingerprint density at radius 3 is 1.79 bits per heavy atom. The largest absolute Gasteiger partial charge is 0.469 e. The van der Waals surface area contributed by atoms with Crippen molar-refractivity contribution in [3.05, 3.63) is 71.3 Å². The van der Waals surface area contributed by atoms with Crippen LogP contribution in [0.2, 0.25) is 0 Å². The summed E-state index contributed by atoms with van der Waals surface area (Å²) in [7, 11) is 1.30. The number of halogens is 2. The zero-order valence-corrected chi connectivity index (χ0v) is 16.3. The number of hydrogen-bond donors (Lipinski definition) is 0. The Morgan fingerprint density at radius 2 is 1.34 bits per heavy atom. The number of methoxy groups -OCH3 is 1. The topological polar surface area (TPSA) is 49.9 Å². The van der Waals surface area contributed by atoms with Gasteiger partial charge in [-0.05, 0) is 35.4 Å². The highest BCUT2D eigenvalue weighted by molar-refractivity contribution is 5.81. The fourth-order valence-electron chi connectivity index (χ4n) is 3.60. The number of carbonyl (C=O) groups is 2. The summed E-state index contributed by atoms with van der Waals surface area (Å²) in [5, 5.41) is 0. The molecule has 1 heterocycles. The fraction of sp³-hybridized carbons (Fsp3) is 0.364. The van der Waals surface area contributed by atoms with E-state index in [1.165, 1.54) is 31.4 Å². The average Bonchev–Trinajstić information content (AvgIpc) is 2.75. The second-order valence-corrected chi connectivity index (χ2v) is 7.00. The minimum atomic E-state index is -0.398. The number of benzene rings is 2. The van der Waals surface area contributed by atoms with E-state index in [0.29, 0.717) is 26.2 Å². The summed E-state index contributed by atoms with van der Waals surface area (Å²) in [4.78, 5) is 27.5. The van der Waals surface area contributed by atoms with E-state index in [1.807, 2.05) is 0 Å². The molecule has 0 unspecified atom stereocenters. The first kappa shape index (κ1) is 20.9. The Kier molecular flexibility index (Phi) is 6.93. The van der Waals surface area contributed by atoms with Crippen LogP contribution >= 0.6 is 0 Å². The molecule has 5 nitrogen and oxygen atoms in total. The van der Waals surface area contributed by atoms with Gasteiger partial charge in [-0.3, -0.25) is 14.5 Å². The van der Waals surface area contributed by atoms with Crippen molar-refractivity contribution in [3.63, 3.8) is 0 Å². The van der Waals surface area contributed by atoms with Crippen LogP contribution in [0.4, 0.5) is 8.78 Å².